The smallest absolute Gasteiger partial charge is 0.125 e. The maximum Gasteiger partial charge on any atom is 0.125 e. The van der Waals surface area contributed by atoms with Gasteiger partial charge in [0, 0.05) is 21.6 Å². The number of benzene rings is 2. The molecule has 0 unspecified atom stereocenters. The molecule has 2 aromatic rings. The summed E-state index contributed by atoms with van der Waals surface area (Å²) in [6.45, 7) is 4.45. The van der Waals surface area contributed by atoms with Crippen molar-refractivity contribution < 1.29 is 9.47 Å². The Morgan fingerprint density at radius 2 is 1.86 bits per heavy atom. The van der Waals surface area contributed by atoms with E-state index in [0.717, 1.165) is 27.1 Å². The average molecular weight is 350 g/mol. The molecule has 0 heterocycles. The fraction of sp³-hybridized carbons (Fsp3) is 0.294. The molecule has 0 bridgehead atoms. The van der Waals surface area contributed by atoms with Crippen LogP contribution in [-0.2, 0) is 6.61 Å². The van der Waals surface area contributed by atoms with E-state index in [1.165, 1.54) is 5.56 Å². The Labute approximate surface area is 134 Å². The third-order valence-corrected chi connectivity index (χ3v) is 3.77. The summed E-state index contributed by atoms with van der Waals surface area (Å²) in [5.41, 5.74) is 9.19. The van der Waals surface area contributed by atoms with Gasteiger partial charge in [0.05, 0.1) is 7.11 Å². The van der Waals surface area contributed by atoms with Crippen LogP contribution >= 0.6 is 15.9 Å². The summed E-state index contributed by atoms with van der Waals surface area (Å²) < 4.78 is 12.3. The molecule has 0 aromatic heterocycles. The van der Waals surface area contributed by atoms with Crippen LogP contribution in [0.1, 0.15) is 29.7 Å². The quantitative estimate of drug-likeness (QED) is 0.871. The molecule has 21 heavy (non-hydrogen) atoms. The van der Waals surface area contributed by atoms with Crippen molar-refractivity contribution in [3.63, 3.8) is 0 Å². The number of halogens is 1. The summed E-state index contributed by atoms with van der Waals surface area (Å²) in [7, 11) is 1.67. The molecule has 0 amide bonds. The van der Waals surface area contributed by atoms with Crippen LogP contribution in [0.15, 0.2) is 40.9 Å². The van der Waals surface area contributed by atoms with Gasteiger partial charge in [0.25, 0.3) is 0 Å². The van der Waals surface area contributed by atoms with E-state index in [4.69, 9.17) is 15.2 Å². The van der Waals surface area contributed by atoms with Gasteiger partial charge in [-0.25, -0.2) is 0 Å². The number of hydrogen-bond donors (Lipinski definition) is 1. The van der Waals surface area contributed by atoms with Crippen LogP contribution in [0, 0.1) is 6.92 Å². The fourth-order valence-electron chi connectivity index (χ4n) is 2.18. The van der Waals surface area contributed by atoms with Crippen LogP contribution in [0.3, 0.4) is 0 Å². The second-order valence-corrected chi connectivity index (χ2v) is 5.99. The Kier molecular flexibility index (Phi) is 5.26. The molecule has 2 rings (SSSR count). The fourth-order valence-corrected chi connectivity index (χ4v) is 2.56. The molecule has 1 atom stereocenters. The third kappa shape index (κ3) is 3.99. The highest BCUT2D eigenvalue weighted by molar-refractivity contribution is 9.10. The molecular formula is C17H20BrNO2. The van der Waals surface area contributed by atoms with Crippen LogP contribution < -0.4 is 15.2 Å². The summed E-state index contributed by atoms with van der Waals surface area (Å²) >= 11 is 3.46. The van der Waals surface area contributed by atoms with Gasteiger partial charge in [-0.3, -0.25) is 0 Å². The van der Waals surface area contributed by atoms with E-state index in [9.17, 15) is 0 Å². The van der Waals surface area contributed by atoms with E-state index in [1.54, 1.807) is 7.11 Å². The number of hydrogen-bond acceptors (Lipinski definition) is 3. The van der Waals surface area contributed by atoms with Crippen molar-refractivity contribution in [2.24, 2.45) is 5.73 Å². The average Bonchev–Trinajstić information content (AvgIpc) is 2.46. The topological polar surface area (TPSA) is 44.5 Å². The summed E-state index contributed by atoms with van der Waals surface area (Å²) in [6, 6.07) is 11.9. The summed E-state index contributed by atoms with van der Waals surface area (Å²) in [5, 5.41) is 0. The van der Waals surface area contributed by atoms with Crippen molar-refractivity contribution >= 4 is 15.9 Å². The normalized spacial score (nSPS) is 12.0. The molecule has 0 spiro atoms. The first kappa shape index (κ1) is 15.9. The number of nitrogens with two attached hydrogens (primary N) is 1. The minimum atomic E-state index is -0.0862. The van der Waals surface area contributed by atoms with Crippen molar-refractivity contribution in [1.29, 1.82) is 0 Å². The van der Waals surface area contributed by atoms with Gasteiger partial charge in [0.15, 0.2) is 0 Å². The van der Waals surface area contributed by atoms with E-state index in [2.05, 4.69) is 28.9 Å². The molecule has 0 radical (unpaired) electrons. The van der Waals surface area contributed by atoms with E-state index in [1.807, 2.05) is 37.3 Å². The molecule has 0 aliphatic heterocycles. The highest BCUT2D eigenvalue weighted by Gasteiger charge is 2.10. The maximum atomic E-state index is 6.01. The highest BCUT2D eigenvalue weighted by Crippen LogP contribution is 2.29. The number of methoxy groups -OCH3 is 1. The second kappa shape index (κ2) is 6.96. The lowest BCUT2D eigenvalue weighted by Crippen LogP contribution is -2.08. The largest absolute Gasteiger partial charge is 0.496 e. The van der Waals surface area contributed by atoms with Crippen LogP contribution in [0.25, 0.3) is 0 Å². The lowest BCUT2D eigenvalue weighted by molar-refractivity contribution is 0.292. The van der Waals surface area contributed by atoms with Crippen molar-refractivity contribution in [2.75, 3.05) is 7.11 Å². The molecule has 0 fully saturated rings. The standard InChI is InChI=1S/C17H20BrNO2/c1-11-4-6-16(20-3)13(8-11)10-21-17-7-5-14(18)9-15(17)12(2)19/h4-9,12H,10,19H2,1-3H3/t12-/m0/s1. The molecule has 4 heteroatoms. The third-order valence-electron chi connectivity index (χ3n) is 3.28. The van der Waals surface area contributed by atoms with Crippen LogP contribution in [0.5, 0.6) is 11.5 Å². The van der Waals surface area contributed by atoms with E-state index >= 15 is 0 Å². The summed E-state index contributed by atoms with van der Waals surface area (Å²) in [4.78, 5) is 0. The molecule has 0 saturated heterocycles. The highest BCUT2D eigenvalue weighted by atomic mass is 79.9. The summed E-state index contributed by atoms with van der Waals surface area (Å²) in [5.74, 6) is 1.64. The second-order valence-electron chi connectivity index (χ2n) is 5.07. The Morgan fingerprint density at radius 3 is 2.52 bits per heavy atom. The van der Waals surface area contributed by atoms with Gasteiger partial charge in [-0.05, 0) is 44.2 Å². The first-order valence-electron chi connectivity index (χ1n) is 6.82. The summed E-state index contributed by atoms with van der Waals surface area (Å²) in [6.07, 6.45) is 0. The van der Waals surface area contributed by atoms with Gasteiger partial charge in [-0.1, -0.05) is 27.6 Å². The molecule has 0 aliphatic carbocycles. The van der Waals surface area contributed by atoms with Crippen LogP contribution in [0.2, 0.25) is 0 Å². The minimum Gasteiger partial charge on any atom is -0.496 e. The minimum absolute atomic E-state index is 0.0862. The van der Waals surface area contributed by atoms with Crippen molar-refractivity contribution in [2.45, 2.75) is 26.5 Å². The Hall–Kier alpha value is -1.52. The van der Waals surface area contributed by atoms with Gasteiger partial charge >= 0.3 is 0 Å². The predicted octanol–water partition coefficient (Wildman–Crippen LogP) is 4.36. The van der Waals surface area contributed by atoms with Crippen molar-refractivity contribution in [1.82, 2.24) is 0 Å². The predicted molar refractivity (Wildman–Crippen MR) is 88.8 cm³/mol. The molecule has 2 aromatic carbocycles. The Balaban J connectivity index is 2.22. The van der Waals surface area contributed by atoms with Gasteiger partial charge in [0.2, 0.25) is 0 Å². The number of ether oxygens (including phenoxy) is 2. The molecule has 112 valence electrons. The molecule has 0 saturated carbocycles. The monoisotopic (exact) mass is 349 g/mol. The van der Waals surface area contributed by atoms with E-state index < -0.39 is 0 Å². The lowest BCUT2D eigenvalue weighted by Gasteiger charge is -2.16. The molecule has 0 aliphatic rings. The van der Waals surface area contributed by atoms with E-state index in [-0.39, 0.29) is 6.04 Å². The number of aryl methyl sites for hydroxylation is 1. The van der Waals surface area contributed by atoms with Crippen molar-refractivity contribution in [3.8, 4) is 11.5 Å². The molecule has 2 N–H and O–H groups in total. The Bertz CT molecular complexity index is 626. The van der Waals surface area contributed by atoms with Gasteiger partial charge < -0.3 is 15.2 Å². The zero-order valence-corrected chi connectivity index (χ0v) is 14.1. The SMILES string of the molecule is COc1ccc(C)cc1COc1ccc(Br)cc1[C@H](C)N. The van der Waals surface area contributed by atoms with Gasteiger partial charge in [0.1, 0.15) is 18.1 Å². The van der Waals surface area contributed by atoms with E-state index in [0.29, 0.717) is 6.61 Å². The van der Waals surface area contributed by atoms with Gasteiger partial charge in [-0.15, -0.1) is 0 Å². The molecule has 3 nitrogen and oxygen atoms in total. The van der Waals surface area contributed by atoms with Gasteiger partial charge in [-0.2, -0.15) is 0 Å². The first-order chi connectivity index (χ1) is 10.0. The zero-order chi connectivity index (χ0) is 15.4. The lowest BCUT2D eigenvalue weighted by atomic mass is 10.1. The Morgan fingerprint density at radius 1 is 1.14 bits per heavy atom. The first-order valence-corrected chi connectivity index (χ1v) is 7.62. The zero-order valence-electron chi connectivity index (χ0n) is 12.5. The molecular weight excluding hydrogens is 330 g/mol. The van der Waals surface area contributed by atoms with Crippen LogP contribution in [-0.4, -0.2) is 7.11 Å². The van der Waals surface area contributed by atoms with Crippen molar-refractivity contribution in [3.05, 3.63) is 57.6 Å². The maximum absolute atomic E-state index is 6.01. The van der Waals surface area contributed by atoms with Crippen LogP contribution in [0.4, 0.5) is 0 Å². The number of rotatable bonds is 5.